The van der Waals surface area contributed by atoms with Gasteiger partial charge in [-0.25, -0.2) is 4.79 Å². The molecule has 0 aromatic carbocycles. The lowest BCUT2D eigenvalue weighted by atomic mass is 10.5. The largest absolute Gasteiger partial charge is 0.508 e. The molecule has 0 fully saturated rings. The molecule has 2 unspecified atom stereocenters. The van der Waals surface area contributed by atoms with E-state index in [0.717, 1.165) is 0 Å². The lowest BCUT2D eigenvalue weighted by Crippen LogP contribution is -2.16. The van der Waals surface area contributed by atoms with Crippen LogP contribution < -0.4 is 0 Å². The van der Waals surface area contributed by atoms with E-state index in [4.69, 9.17) is 9.47 Å². The molecule has 0 aliphatic carbocycles. The predicted molar refractivity (Wildman–Crippen MR) is 54.1 cm³/mol. The standard InChI is InChI=1S/C7H12Br2O3/c1-5(8)3-11-7(10)12-4-6(2)9/h5-6H,3-4H2,1-2H3. The van der Waals surface area contributed by atoms with Gasteiger partial charge in [-0.2, -0.15) is 0 Å². The Labute approximate surface area is 89.1 Å². The Morgan fingerprint density at radius 1 is 1.17 bits per heavy atom. The minimum absolute atomic E-state index is 0.159. The molecule has 0 aliphatic heterocycles. The van der Waals surface area contributed by atoms with Gasteiger partial charge < -0.3 is 9.47 Å². The first kappa shape index (κ1) is 12.2. The summed E-state index contributed by atoms with van der Waals surface area (Å²) in [7, 11) is 0. The summed E-state index contributed by atoms with van der Waals surface area (Å²) in [5.74, 6) is 0. The molecule has 0 heterocycles. The van der Waals surface area contributed by atoms with Gasteiger partial charge in [0.05, 0.1) is 0 Å². The first-order valence-electron chi connectivity index (χ1n) is 3.60. The summed E-state index contributed by atoms with van der Waals surface area (Å²) in [5, 5.41) is 0. The average molecular weight is 304 g/mol. The molecule has 5 heteroatoms. The fraction of sp³-hybridized carbons (Fsp3) is 0.857. The van der Waals surface area contributed by atoms with E-state index in [2.05, 4.69) is 31.9 Å². The molecule has 0 aliphatic rings. The number of ether oxygens (including phenoxy) is 2. The molecule has 0 spiro atoms. The van der Waals surface area contributed by atoms with Crippen molar-refractivity contribution in [2.45, 2.75) is 23.5 Å². The highest BCUT2D eigenvalue weighted by molar-refractivity contribution is 9.09. The molecule has 0 saturated carbocycles. The molecule has 0 bridgehead atoms. The van der Waals surface area contributed by atoms with Gasteiger partial charge in [0.15, 0.2) is 0 Å². The summed E-state index contributed by atoms with van der Waals surface area (Å²) in [4.78, 5) is 11.1. The van der Waals surface area contributed by atoms with E-state index < -0.39 is 6.16 Å². The Balaban J connectivity index is 3.34. The fourth-order valence-electron chi connectivity index (χ4n) is 0.407. The normalized spacial score (nSPS) is 15.0. The Hall–Kier alpha value is 0.230. The van der Waals surface area contributed by atoms with Gasteiger partial charge in [-0.3, -0.25) is 0 Å². The van der Waals surface area contributed by atoms with Crippen LogP contribution in [-0.2, 0) is 9.47 Å². The molecule has 0 aromatic rings. The van der Waals surface area contributed by atoms with Gasteiger partial charge in [-0.05, 0) is 13.8 Å². The monoisotopic (exact) mass is 302 g/mol. The SMILES string of the molecule is CC(Br)COC(=O)OCC(C)Br. The highest BCUT2D eigenvalue weighted by Crippen LogP contribution is 2.01. The summed E-state index contributed by atoms with van der Waals surface area (Å²) >= 11 is 6.48. The van der Waals surface area contributed by atoms with Crippen molar-refractivity contribution in [3.8, 4) is 0 Å². The maximum absolute atomic E-state index is 10.8. The number of alkyl halides is 2. The van der Waals surface area contributed by atoms with Crippen LogP contribution in [0.4, 0.5) is 4.79 Å². The van der Waals surface area contributed by atoms with Crippen molar-refractivity contribution in [1.82, 2.24) is 0 Å². The molecule has 0 saturated heterocycles. The van der Waals surface area contributed by atoms with Crippen LogP contribution in [-0.4, -0.2) is 29.0 Å². The Bertz CT molecular complexity index is 123. The molecule has 12 heavy (non-hydrogen) atoms. The van der Waals surface area contributed by atoms with E-state index in [0.29, 0.717) is 13.2 Å². The number of hydrogen-bond acceptors (Lipinski definition) is 3. The van der Waals surface area contributed by atoms with Crippen molar-refractivity contribution in [2.75, 3.05) is 13.2 Å². The molecule has 0 radical (unpaired) electrons. The molecule has 72 valence electrons. The van der Waals surface area contributed by atoms with E-state index in [-0.39, 0.29) is 9.65 Å². The fourth-order valence-corrected chi connectivity index (χ4v) is 0.672. The second-order valence-corrected chi connectivity index (χ2v) is 5.56. The molecule has 3 nitrogen and oxygen atoms in total. The third-order valence-electron chi connectivity index (χ3n) is 0.862. The zero-order valence-corrected chi connectivity index (χ0v) is 10.2. The number of carbonyl (C=O) groups is 1. The second kappa shape index (κ2) is 6.71. The summed E-state index contributed by atoms with van der Waals surface area (Å²) < 4.78 is 9.45. The highest BCUT2D eigenvalue weighted by atomic mass is 79.9. The lowest BCUT2D eigenvalue weighted by Gasteiger charge is -2.07. The zero-order chi connectivity index (χ0) is 9.56. The van der Waals surface area contributed by atoms with Crippen LogP contribution in [0.3, 0.4) is 0 Å². The van der Waals surface area contributed by atoms with Crippen molar-refractivity contribution in [3.63, 3.8) is 0 Å². The van der Waals surface area contributed by atoms with Crippen molar-refractivity contribution in [2.24, 2.45) is 0 Å². The highest BCUT2D eigenvalue weighted by Gasteiger charge is 2.06. The molecule has 0 amide bonds. The quantitative estimate of drug-likeness (QED) is 0.592. The van der Waals surface area contributed by atoms with Crippen molar-refractivity contribution >= 4 is 38.0 Å². The van der Waals surface area contributed by atoms with E-state index >= 15 is 0 Å². The Morgan fingerprint density at radius 3 is 1.75 bits per heavy atom. The summed E-state index contributed by atoms with van der Waals surface area (Å²) in [5.41, 5.74) is 0. The summed E-state index contributed by atoms with van der Waals surface area (Å²) in [6, 6.07) is 0. The van der Waals surface area contributed by atoms with E-state index in [1.165, 1.54) is 0 Å². The van der Waals surface area contributed by atoms with Crippen molar-refractivity contribution < 1.29 is 14.3 Å². The second-order valence-electron chi connectivity index (χ2n) is 2.43. The maximum Gasteiger partial charge on any atom is 0.508 e. The summed E-state index contributed by atoms with van der Waals surface area (Å²) in [6.45, 7) is 4.44. The van der Waals surface area contributed by atoms with Gasteiger partial charge in [0.2, 0.25) is 0 Å². The number of carbonyl (C=O) groups excluding carboxylic acids is 1. The Morgan fingerprint density at radius 2 is 1.50 bits per heavy atom. The van der Waals surface area contributed by atoms with Crippen molar-refractivity contribution in [3.05, 3.63) is 0 Å². The van der Waals surface area contributed by atoms with Gasteiger partial charge in [0.25, 0.3) is 0 Å². The van der Waals surface area contributed by atoms with Gasteiger partial charge in [0.1, 0.15) is 13.2 Å². The van der Waals surface area contributed by atoms with Crippen molar-refractivity contribution in [1.29, 1.82) is 0 Å². The zero-order valence-electron chi connectivity index (χ0n) is 7.05. The van der Waals surface area contributed by atoms with E-state index in [1.807, 2.05) is 13.8 Å². The molecule has 0 aromatic heterocycles. The molecule has 0 N–H and O–H groups in total. The Kier molecular flexibility index (Phi) is 6.84. The number of hydrogen-bond donors (Lipinski definition) is 0. The minimum atomic E-state index is -0.618. The van der Waals surface area contributed by atoms with E-state index in [9.17, 15) is 4.79 Å². The number of halogens is 2. The molecular weight excluding hydrogens is 292 g/mol. The van der Waals surface area contributed by atoms with Gasteiger partial charge in [0, 0.05) is 9.65 Å². The molecule has 2 atom stereocenters. The predicted octanol–water partition coefficient (Wildman–Crippen LogP) is 2.71. The van der Waals surface area contributed by atoms with Crippen LogP contribution in [0.1, 0.15) is 13.8 Å². The van der Waals surface area contributed by atoms with Crippen LogP contribution in [0.2, 0.25) is 0 Å². The average Bonchev–Trinajstić information content (AvgIpc) is 1.96. The van der Waals surface area contributed by atoms with Crippen LogP contribution in [0.25, 0.3) is 0 Å². The minimum Gasteiger partial charge on any atom is -0.433 e. The van der Waals surface area contributed by atoms with Crippen LogP contribution in [0, 0.1) is 0 Å². The van der Waals surface area contributed by atoms with E-state index in [1.54, 1.807) is 0 Å². The first-order chi connectivity index (χ1) is 5.52. The lowest BCUT2D eigenvalue weighted by molar-refractivity contribution is 0.0579. The van der Waals surface area contributed by atoms with Crippen LogP contribution in [0.5, 0.6) is 0 Å². The van der Waals surface area contributed by atoms with Crippen LogP contribution in [0.15, 0.2) is 0 Å². The molecule has 0 rings (SSSR count). The topological polar surface area (TPSA) is 35.5 Å². The number of rotatable bonds is 4. The maximum atomic E-state index is 10.8. The van der Waals surface area contributed by atoms with Crippen LogP contribution >= 0.6 is 31.9 Å². The third-order valence-corrected chi connectivity index (χ3v) is 1.39. The smallest absolute Gasteiger partial charge is 0.433 e. The van der Waals surface area contributed by atoms with Gasteiger partial charge in [-0.15, -0.1) is 0 Å². The van der Waals surface area contributed by atoms with Gasteiger partial charge in [-0.1, -0.05) is 31.9 Å². The third kappa shape index (κ3) is 8.33. The molecular formula is C7H12Br2O3. The summed E-state index contributed by atoms with van der Waals surface area (Å²) in [6.07, 6.45) is -0.618. The van der Waals surface area contributed by atoms with Gasteiger partial charge >= 0.3 is 6.16 Å². The first-order valence-corrected chi connectivity index (χ1v) is 5.43.